The number of amides is 1. The molecule has 0 spiro atoms. The summed E-state index contributed by atoms with van der Waals surface area (Å²) in [4.78, 5) is 18.6. The fourth-order valence-electron chi connectivity index (χ4n) is 2.27. The summed E-state index contributed by atoms with van der Waals surface area (Å²) >= 11 is 1.15. The van der Waals surface area contributed by atoms with Crippen LogP contribution in [0.2, 0.25) is 0 Å². The maximum atomic E-state index is 14.2. The van der Waals surface area contributed by atoms with E-state index in [-0.39, 0.29) is 17.5 Å². The van der Waals surface area contributed by atoms with E-state index in [0.717, 1.165) is 11.3 Å². The zero-order chi connectivity index (χ0) is 17.3. The molecule has 122 valence electrons. The van der Waals surface area contributed by atoms with Gasteiger partial charge in [-0.05, 0) is 42.8 Å². The van der Waals surface area contributed by atoms with Crippen LogP contribution in [0.15, 0.2) is 48.7 Å². The van der Waals surface area contributed by atoms with E-state index in [1.165, 1.54) is 23.2 Å². The summed E-state index contributed by atoms with van der Waals surface area (Å²) in [6, 6.07) is 11.4. The van der Waals surface area contributed by atoms with Crippen molar-refractivity contribution in [2.75, 3.05) is 11.9 Å². The summed E-state index contributed by atoms with van der Waals surface area (Å²) in [5.41, 5.74) is 1.58. The fourth-order valence-corrected chi connectivity index (χ4v) is 3.18. The number of rotatable bonds is 3. The predicted octanol–water partition coefficient (Wildman–Crippen LogP) is 4.24. The van der Waals surface area contributed by atoms with Crippen LogP contribution in [0.4, 0.5) is 10.1 Å². The number of benzene rings is 2. The van der Waals surface area contributed by atoms with Crippen LogP contribution in [0.1, 0.15) is 15.2 Å². The number of hydrogen-bond donors (Lipinski definition) is 1. The lowest BCUT2D eigenvalue weighted by molar-refractivity contribution is 0.0996. The van der Waals surface area contributed by atoms with Crippen LogP contribution in [0, 0.1) is 12.7 Å². The first-order chi connectivity index (χ1) is 11.5. The molecule has 3 rings (SSSR count). The third kappa shape index (κ3) is 3.00. The number of aromatic nitrogens is 1. The second-order valence-electron chi connectivity index (χ2n) is 5.35. The molecule has 0 unspecified atom stereocenters. The minimum absolute atomic E-state index is 0.134. The molecule has 1 aromatic heterocycles. The maximum absolute atomic E-state index is 14.2. The Bertz CT molecular complexity index is 890. The Morgan fingerprint density at radius 3 is 2.62 bits per heavy atom. The Labute approximate surface area is 142 Å². The molecule has 0 aliphatic carbocycles. The van der Waals surface area contributed by atoms with Gasteiger partial charge >= 0.3 is 0 Å². The van der Waals surface area contributed by atoms with Gasteiger partial charge in [-0.3, -0.25) is 4.79 Å². The van der Waals surface area contributed by atoms with Crippen molar-refractivity contribution in [2.24, 2.45) is 0 Å². The maximum Gasteiger partial charge on any atom is 0.269 e. The highest BCUT2D eigenvalue weighted by Crippen LogP contribution is 2.30. The van der Waals surface area contributed by atoms with Crippen LogP contribution in [0.5, 0.6) is 5.75 Å². The Hall–Kier alpha value is -2.73. The Kier molecular flexibility index (Phi) is 4.31. The van der Waals surface area contributed by atoms with E-state index in [4.69, 9.17) is 0 Å². The van der Waals surface area contributed by atoms with E-state index in [9.17, 15) is 14.3 Å². The molecule has 0 atom stereocenters. The first-order valence-corrected chi connectivity index (χ1v) is 8.07. The number of anilines is 1. The van der Waals surface area contributed by atoms with E-state index in [2.05, 4.69) is 4.98 Å². The van der Waals surface area contributed by atoms with Crippen molar-refractivity contribution in [3.63, 3.8) is 0 Å². The minimum atomic E-state index is -0.322. The van der Waals surface area contributed by atoms with Gasteiger partial charge in [0.2, 0.25) is 0 Å². The third-order valence-electron chi connectivity index (χ3n) is 3.68. The Morgan fingerprint density at radius 2 is 1.92 bits per heavy atom. The quantitative estimate of drug-likeness (QED) is 0.774. The highest BCUT2D eigenvalue weighted by atomic mass is 32.1. The average molecular weight is 342 g/mol. The fraction of sp³-hybridized carbons (Fsp3) is 0.111. The molecule has 4 nitrogen and oxygen atoms in total. The van der Waals surface area contributed by atoms with Crippen molar-refractivity contribution in [1.29, 1.82) is 0 Å². The SMILES string of the molecule is Cc1cccc(-c2ncc(C(=O)N(C)c3ccc(O)cc3)s2)c1F. The van der Waals surface area contributed by atoms with Crippen molar-refractivity contribution in [3.05, 3.63) is 64.9 Å². The topological polar surface area (TPSA) is 53.4 Å². The summed E-state index contributed by atoms with van der Waals surface area (Å²) in [6.07, 6.45) is 1.46. The molecule has 0 saturated carbocycles. The molecule has 0 saturated heterocycles. The number of aryl methyl sites for hydroxylation is 1. The minimum Gasteiger partial charge on any atom is -0.508 e. The molecule has 24 heavy (non-hydrogen) atoms. The number of aromatic hydroxyl groups is 1. The molecule has 0 fully saturated rings. The zero-order valence-corrected chi connectivity index (χ0v) is 14.0. The second-order valence-corrected chi connectivity index (χ2v) is 6.38. The van der Waals surface area contributed by atoms with Crippen LogP contribution in [-0.2, 0) is 0 Å². The molecule has 6 heteroatoms. The van der Waals surface area contributed by atoms with Gasteiger partial charge in [0.1, 0.15) is 21.5 Å². The van der Waals surface area contributed by atoms with Gasteiger partial charge in [-0.1, -0.05) is 12.1 Å². The molecule has 0 bridgehead atoms. The number of halogens is 1. The molecule has 3 aromatic rings. The molecule has 0 aliphatic heterocycles. The first kappa shape index (κ1) is 16.1. The standard InChI is InChI=1S/C18H15FN2O2S/c1-11-4-3-5-14(16(11)19)17-20-10-15(24-17)18(23)21(2)12-6-8-13(22)9-7-12/h3-10,22H,1-2H3. The van der Waals surface area contributed by atoms with Crippen LogP contribution < -0.4 is 4.90 Å². The van der Waals surface area contributed by atoms with Crippen LogP contribution in [0.3, 0.4) is 0 Å². The molecular weight excluding hydrogens is 327 g/mol. The van der Waals surface area contributed by atoms with Crippen LogP contribution in [-0.4, -0.2) is 23.0 Å². The van der Waals surface area contributed by atoms with E-state index in [1.54, 1.807) is 44.3 Å². The number of phenolic OH excluding ortho intramolecular Hbond substituents is 1. The second kappa shape index (κ2) is 6.41. The first-order valence-electron chi connectivity index (χ1n) is 7.26. The summed E-state index contributed by atoms with van der Waals surface area (Å²) in [5.74, 6) is -0.426. The van der Waals surface area contributed by atoms with Crippen molar-refractivity contribution in [2.45, 2.75) is 6.92 Å². The van der Waals surface area contributed by atoms with Crippen LogP contribution >= 0.6 is 11.3 Å². The summed E-state index contributed by atoms with van der Waals surface area (Å²) in [6.45, 7) is 1.69. The number of phenols is 1. The van der Waals surface area contributed by atoms with Crippen LogP contribution in [0.25, 0.3) is 10.6 Å². The molecule has 1 N–H and O–H groups in total. The van der Waals surface area contributed by atoms with E-state index < -0.39 is 0 Å². The van der Waals surface area contributed by atoms with E-state index in [0.29, 0.717) is 26.7 Å². The van der Waals surface area contributed by atoms with Crippen molar-refractivity contribution >= 4 is 22.9 Å². The van der Waals surface area contributed by atoms with E-state index >= 15 is 0 Å². The molecule has 1 amide bonds. The average Bonchev–Trinajstić information content (AvgIpc) is 3.06. The van der Waals surface area contributed by atoms with Gasteiger partial charge in [0.25, 0.3) is 5.91 Å². The van der Waals surface area contributed by atoms with Gasteiger partial charge in [-0.25, -0.2) is 9.37 Å². The highest BCUT2D eigenvalue weighted by molar-refractivity contribution is 7.17. The smallest absolute Gasteiger partial charge is 0.269 e. The lowest BCUT2D eigenvalue weighted by atomic mass is 10.1. The molecule has 0 aliphatic rings. The molecular formula is C18H15FN2O2S. The van der Waals surface area contributed by atoms with E-state index in [1.807, 2.05) is 0 Å². The normalized spacial score (nSPS) is 10.6. The lowest BCUT2D eigenvalue weighted by Crippen LogP contribution is -2.25. The van der Waals surface area contributed by atoms with Gasteiger partial charge in [0.05, 0.1) is 6.20 Å². The lowest BCUT2D eigenvalue weighted by Gasteiger charge is -2.16. The Morgan fingerprint density at radius 1 is 1.21 bits per heavy atom. The van der Waals surface area contributed by atoms with Gasteiger partial charge in [-0.15, -0.1) is 11.3 Å². The molecule has 0 radical (unpaired) electrons. The van der Waals surface area contributed by atoms with Crippen molar-refractivity contribution in [3.8, 4) is 16.3 Å². The van der Waals surface area contributed by atoms with Gasteiger partial charge in [0.15, 0.2) is 0 Å². The number of carbonyl (C=O) groups is 1. The number of carbonyl (C=O) groups excluding carboxylic acids is 1. The molecule has 1 heterocycles. The number of nitrogens with zero attached hydrogens (tertiary/aromatic N) is 2. The largest absolute Gasteiger partial charge is 0.508 e. The van der Waals surface area contributed by atoms with Gasteiger partial charge in [-0.2, -0.15) is 0 Å². The number of hydrogen-bond acceptors (Lipinski definition) is 4. The highest BCUT2D eigenvalue weighted by Gasteiger charge is 2.19. The summed E-state index contributed by atoms with van der Waals surface area (Å²) in [7, 11) is 1.64. The molecule has 2 aromatic carbocycles. The van der Waals surface area contributed by atoms with Crippen molar-refractivity contribution in [1.82, 2.24) is 4.98 Å². The van der Waals surface area contributed by atoms with Crippen molar-refractivity contribution < 1.29 is 14.3 Å². The summed E-state index contributed by atoms with van der Waals surface area (Å²) in [5, 5.41) is 9.80. The Balaban J connectivity index is 1.88. The number of thiazole rings is 1. The summed E-state index contributed by atoms with van der Waals surface area (Å²) < 4.78 is 14.2. The predicted molar refractivity (Wildman–Crippen MR) is 93.1 cm³/mol. The van der Waals surface area contributed by atoms with Gasteiger partial charge < -0.3 is 10.0 Å². The third-order valence-corrected chi connectivity index (χ3v) is 4.70. The monoisotopic (exact) mass is 342 g/mol. The zero-order valence-electron chi connectivity index (χ0n) is 13.2. The van der Waals surface area contributed by atoms with Gasteiger partial charge in [0, 0.05) is 18.3 Å².